The highest BCUT2D eigenvalue weighted by atomic mass is 16.3. The molecule has 5 heterocycles. The van der Waals surface area contributed by atoms with Crippen molar-refractivity contribution in [1.29, 1.82) is 0 Å². The molecule has 248 valence electrons. The molecule has 0 spiro atoms. The minimum atomic E-state index is 0.201. The Bertz CT molecular complexity index is 2110. The fourth-order valence-electron chi connectivity index (χ4n) is 8.30. The zero-order valence-corrected chi connectivity index (χ0v) is 28.6. The van der Waals surface area contributed by atoms with Crippen LogP contribution in [0.3, 0.4) is 0 Å². The summed E-state index contributed by atoms with van der Waals surface area (Å²) in [5, 5.41) is 2.34. The summed E-state index contributed by atoms with van der Waals surface area (Å²) in [6, 6.07) is 31.0. The van der Waals surface area contributed by atoms with Crippen LogP contribution in [-0.4, -0.2) is 53.3 Å². The summed E-state index contributed by atoms with van der Waals surface area (Å²) in [7, 11) is 2.14. The van der Waals surface area contributed by atoms with E-state index in [0.717, 1.165) is 49.9 Å². The van der Waals surface area contributed by atoms with Crippen molar-refractivity contribution in [2.45, 2.75) is 58.0 Å². The molecule has 1 aromatic heterocycles. The molecule has 2 bridgehead atoms. The van der Waals surface area contributed by atoms with Crippen LogP contribution >= 0.6 is 0 Å². The normalized spacial score (nSPS) is 21.7. The van der Waals surface area contributed by atoms with Gasteiger partial charge in [-0.2, -0.15) is 0 Å². The maximum atomic E-state index is 6.61. The lowest BCUT2D eigenvalue weighted by Gasteiger charge is -2.35. The first-order chi connectivity index (χ1) is 24.0. The van der Waals surface area contributed by atoms with Crippen molar-refractivity contribution >= 4 is 39.0 Å². The van der Waals surface area contributed by atoms with Crippen LogP contribution in [0.1, 0.15) is 37.0 Å². The van der Waals surface area contributed by atoms with E-state index in [1.807, 2.05) is 0 Å². The number of fused-ring (bicyclic) bond motifs is 8. The van der Waals surface area contributed by atoms with Gasteiger partial charge in [0.05, 0.1) is 5.69 Å². The van der Waals surface area contributed by atoms with Crippen LogP contribution in [0.25, 0.3) is 21.9 Å². The van der Waals surface area contributed by atoms with Crippen LogP contribution in [0.4, 0.5) is 17.1 Å². The largest absolute Gasteiger partial charge is 0.454 e. The van der Waals surface area contributed by atoms with Gasteiger partial charge in [-0.1, -0.05) is 66.7 Å². The van der Waals surface area contributed by atoms with E-state index in [1.165, 1.54) is 44.5 Å². The number of aryl methyl sites for hydroxylation is 2. The summed E-state index contributed by atoms with van der Waals surface area (Å²) < 4.78 is 6.61. The van der Waals surface area contributed by atoms with Crippen molar-refractivity contribution in [3.8, 4) is 0 Å². The molecule has 4 aliphatic heterocycles. The fourth-order valence-corrected chi connectivity index (χ4v) is 8.30. The van der Waals surface area contributed by atoms with Crippen molar-refractivity contribution in [3.05, 3.63) is 139 Å². The summed E-state index contributed by atoms with van der Waals surface area (Å²) in [5.41, 5.74) is 9.72. The van der Waals surface area contributed by atoms with E-state index in [0.29, 0.717) is 6.17 Å². The molecule has 4 aromatic carbocycles. The minimum Gasteiger partial charge on any atom is -0.454 e. The van der Waals surface area contributed by atoms with E-state index in [1.54, 1.807) is 0 Å². The van der Waals surface area contributed by atoms with Crippen molar-refractivity contribution < 1.29 is 4.42 Å². The van der Waals surface area contributed by atoms with Gasteiger partial charge in [-0.25, -0.2) is 0 Å². The number of para-hydroxylation sites is 3. The fraction of sp³-hybridized carbons (Fsp3) is 0.286. The summed E-state index contributed by atoms with van der Waals surface area (Å²) >= 11 is 0. The average molecular weight is 649 g/mol. The number of anilines is 3. The quantitative estimate of drug-likeness (QED) is 0.189. The van der Waals surface area contributed by atoms with Crippen molar-refractivity contribution in [2.75, 3.05) is 34.8 Å². The zero-order valence-electron chi connectivity index (χ0n) is 28.6. The molecule has 0 N–H and O–H groups in total. The number of nitrogens with zero attached hydrogens (tertiary/aromatic N) is 6. The highest BCUT2D eigenvalue weighted by Crippen LogP contribution is 2.41. The highest BCUT2D eigenvalue weighted by Gasteiger charge is 2.33. The smallest absolute Gasteiger partial charge is 0.159 e. The van der Waals surface area contributed by atoms with Gasteiger partial charge in [0.1, 0.15) is 24.1 Å². The molecule has 0 aliphatic carbocycles. The van der Waals surface area contributed by atoms with Crippen LogP contribution in [-0.2, 0) is 19.3 Å². The van der Waals surface area contributed by atoms with Gasteiger partial charge in [0.15, 0.2) is 5.58 Å². The maximum Gasteiger partial charge on any atom is 0.159 e. The summed E-state index contributed by atoms with van der Waals surface area (Å²) in [4.78, 5) is 14.6. The van der Waals surface area contributed by atoms with E-state index in [2.05, 4.69) is 172 Å². The molecule has 5 aromatic rings. The molecule has 9 rings (SSSR count). The third kappa shape index (κ3) is 5.02. The second-order valence-electron chi connectivity index (χ2n) is 13.9. The summed E-state index contributed by atoms with van der Waals surface area (Å²) in [6.45, 7) is 6.63. The molecule has 0 saturated carbocycles. The Morgan fingerprint density at radius 3 is 2.20 bits per heavy atom. The van der Waals surface area contributed by atoms with Gasteiger partial charge in [0.25, 0.3) is 0 Å². The van der Waals surface area contributed by atoms with E-state index in [9.17, 15) is 0 Å². The predicted octanol–water partition coefficient (Wildman–Crippen LogP) is 8.45. The number of hydrogen-bond donors (Lipinski definition) is 0. The van der Waals surface area contributed by atoms with Gasteiger partial charge in [0.2, 0.25) is 0 Å². The zero-order chi connectivity index (χ0) is 33.1. The topological polar surface area (TPSA) is 32.6 Å². The second kappa shape index (κ2) is 12.0. The van der Waals surface area contributed by atoms with Crippen LogP contribution in [0, 0.1) is 0 Å². The van der Waals surface area contributed by atoms with E-state index in [-0.39, 0.29) is 12.3 Å². The molecule has 4 aliphatic rings. The number of rotatable bonds is 5. The van der Waals surface area contributed by atoms with Gasteiger partial charge in [-0.3, -0.25) is 0 Å². The Hall–Kier alpha value is -5.30. The van der Waals surface area contributed by atoms with Gasteiger partial charge in [0, 0.05) is 85.9 Å². The van der Waals surface area contributed by atoms with Gasteiger partial charge >= 0.3 is 0 Å². The molecule has 3 atom stereocenters. The Balaban J connectivity index is 1.05. The SMILES string of the molecule is CC1N(C)C=CN1c1c(CCc2ccccc2N2C=CN3CCCN4C=CN(c5ccccc5CC32)C4C)ccc2c1oc1ccccc12. The van der Waals surface area contributed by atoms with E-state index >= 15 is 0 Å². The lowest BCUT2D eigenvalue weighted by molar-refractivity contribution is 0.262. The molecular formula is C42H44N6O. The summed E-state index contributed by atoms with van der Waals surface area (Å²) in [5.74, 6) is 0. The Morgan fingerprint density at radius 2 is 1.33 bits per heavy atom. The lowest BCUT2D eigenvalue weighted by atomic mass is 9.98. The summed E-state index contributed by atoms with van der Waals surface area (Å²) in [6.07, 6.45) is 18.1. The molecule has 0 saturated heterocycles. The first-order valence-electron chi connectivity index (χ1n) is 17.8. The van der Waals surface area contributed by atoms with Crippen molar-refractivity contribution in [1.82, 2.24) is 14.7 Å². The maximum absolute atomic E-state index is 6.61. The predicted molar refractivity (Wildman–Crippen MR) is 201 cm³/mol. The molecular weight excluding hydrogens is 605 g/mol. The Morgan fingerprint density at radius 1 is 0.612 bits per heavy atom. The van der Waals surface area contributed by atoms with Crippen molar-refractivity contribution in [3.63, 3.8) is 0 Å². The third-order valence-corrected chi connectivity index (χ3v) is 11.2. The monoisotopic (exact) mass is 648 g/mol. The van der Waals surface area contributed by atoms with Crippen LogP contribution in [0.15, 0.2) is 127 Å². The molecule has 7 heteroatoms. The van der Waals surface area contributed by atoms with E-state index in [4.69, 9.17) is 4.42 Å². The average Bonchev–Trinajstić information content (AvgIpc) is 3.89. The second-order valence-corrected chi connectivity index (χ2v) is 13.9. The van der Waals surface area contributed by atoms with Crippen LogP contribution in [0.5, 0.6) is 0 Å². The van der Waals surface area contributed by atoms with Crippen LogP contribution in [0.2, 0.25) is 0 Å². The van der Waals surface area contributed by atoms with E-state index < -0.39 is 0 Å². The third-order valence-electron chi connectivity index (χ3n) is 11.2. The first kappa shape index (κ1) is 29.8. The van der Waals surface area contributed by atoms with Gasteiger partial charge < -0.3 is 33.8 Å². The lowest BCUT2D eigenvalue weighted by Crippen LogP contribution is -2.41. The molecule has 3 unspecified atom stereocenters. The minimum absolute atomic E-state index is 0.201. The molecule has 49 heavy (non-hydrogen) atoms. The number of furan rings is 1. The molecule has 7 nitrogen and oxygen atoms in total. The number of benzene rings is 4. The Kier molecular flexibility index (Phi) is 7.29. The Labute approximate surface area is 289 Å². The molecule has 0 radical (unpaired) electrons. The number of hydrogen-bond acceptors (Lipinski definition) is 7. The molecule has 0 fully saturated rings. The van der Waals surface area contributed by atoms with Gasteiger partial charge in [-0.15, -0.1) is 0 Å². The first-order valence-corrected chi connectivity index (χ1v) is 17.8. The highest BCUT2D eigenvalue weighted by molar-refractivity contribution is 6.09. The van der Waals surface area contributed by atoms with Crippen molar-refractivity contribution in [2.24, 2.45) is 0 Å². The standard InChI is InChI=1S/C42H44N6O/c1-30-43(3)23-26-47(30)41-33(19-20-36-35-13-6-9-16-39(35)49-42(36)41)18-17-32-11-4-7-14-37(32)48-28-25-45-22-10-21-44-24-27-46(31(44)2)38-15-8-5-12-34(38)29-40(45)48/h4-9,11-16,19-20,23-28,30-31,40H,10,17-18,21-22,29H2,1-3H3. The van der Waals surface area contributed by atoms with Crippen LogP contribution < -0.4 is 14.7 Å². The molecule has 0 amide bonds. The van der Waals surface area contributed by atoms with Gasteiger partial charge in [-0.05, 0) is 68.0 Å².